The molecule has 3 heteroatoms. The molecule has 1 aromatic carbocycles. The summed E-state index contributed by atoms with van der Waals surface area (Å²) in [5, 5.41) is 0. The fraction of sp³-hybridized carbons (Fsp3) is 0.619. The maximum atomic E-state index is 5.95. The summed E-state index contributed by atoms with van der Waals surface area (Å²) in [6, 6.07) is 6.15. The van der Waals surface area contributed by atoms with Crippen LogP contribution < -0.4 is 9.47 Å². The standard InChI is InChI=1S/C21H32O3/c1-15(2)19(22-6)10-7-16(3)11-12-23-18-9-8-17-14-21(4,5)24-20(17)13-18/h8-9,11,13,15,19H,7,10,12,14H2,1-6H3. The molecule has 1 aliphatic rings. The van der Waals surface area contributed by atoms with Gasteiger partial charge in [-0.2, -0.15) is 0 Å². The Morgan fingerprint density at radius 2 is 2.08 bits per heavy atom. The molecule has 2 rings (SSSR count). The number of hydrogen-bond acceptors (Lipinski definition) is 3. The molecule has 3 nitrogen and oxygen atoms in total. The molecule has 0 N–H and O–H groups in total. The van der Waals surface area contributed by atoms with Crippen LogP contribution >= 0.6 is 0 Å². The lowest BCUT2D eigenvalue weighted by atomic mass is 10.00. The van der Waals surface area contributed by atoms with E-state index in [-0.39, 0.29) is 5.60 Å². The Hall–Kier alpha value is -1.48. The summed E-state index contributed by atoms with van der Waals surface area (Å²) in [5.74, 6) is 2.38. The number of allylic oxidation sites excluding steroid dienone is 1. The third-order valence-electron chi connectivity index (χ3n) is 4.59. The number of ether oxygens (including phenoxy) is 3. The van der Waals surface area contributed by atoms with Gasteiger partial charge in [-0.15, -0.1) is 0 Å². The normalized spacial score (nSPS) is 17.5. The summed E-state index contributed by atoms with van der Waals surface area (Å²) in [5.41, 5.74) is 2.50. The van der Waals surface area contributed by atoms with Gasteiger partial charge in [0.25, 0.3) is 0 Å². The average molecular weight is 332 g/mol. The minimum Gasteiger partial charge on any atom is -0.489 e. The van der Waals surface area contributed by atoms with Crippen LogP contribution in [0.25, 0.3) is 0 Å². The van der Waals surface area contributed by atoms with E-state index in [2.05, 4.69) is 46.8 Å². The Morgan fingerprint density at radius 3 is 2.75 bits per heavy atom. The molecular weight excluding hydrogens is 300 g/mol. The first-order valence-electron chi connectivity index (χ1n) is 8.94. The fourth-order valence-electron chi connectivity index (χ4n) is 3.13. The van der Waals surface area contributed by atoms with E-state index in [1.54, 1.807) is 7.11 Å². The maximum absolute atomic E-state index is 5.95. The van der Waals surface area contributed by atoms with Crippen LogP contribution in [-0.4, -0.2) is 25.4 Å². The van der Waals surface area contributed by atoms with Crippen LogP contribution in [0.4, 0.5) is 0 Å². The zero-order valence-electron chi connectivity index (χ0n) is 16.0. The second-order valence-corrected chi connectivity index (χ2v) is 7.73. The van der Waals surface area contributed by atoms with Crippen molar-refractivity contribution in [3.8, 4) is 11.5 Å². The van der Waals surface area contributed by atoms with Crippen molar-refractivity contribution in [3.63, 3.8) is 0 Å². The lowest BCUT2D eigenvalue weighted by Crippen LogP contribution is -2.24. The van der Waals surface area contributed by atoms with Gasteiger partial charge in [-0.05, 0) is 57.2 Å². The van der Waals surface area contributed by atoms with Crippen LogP contribution in [0.5, 0.6) is 11.5 Å². The Bertz CT molecular complexity index is 572. The summed E-state index contributed by atoms with van der Waals surface area (Å²) >= 11 is 0. The Kier molecular flexibility index (Phi) is 6.34. The molecule has 24 heavy (non-hydrogen) atoms. The van der Waals surface area contributed by atoms with Gasteiger partial charge in [0.2, 0.25) is 0 Å². The lowest BCUT2D eigenvalue weighted by Gasteiger charge is -2.19. The molecule has 0 spiro atoms. The largest absolute Gasteiger partial charge is 0.489 e. The van der Waals surface area contributed by atoms with E-state index in [4.69, 9.17) is 14.2 Å². The number of methoxy groups -OCH3 is 1. The van der Waals surface area contributed by atoms with Crippen LogP contribution in [0.2, 0.25) is 0 Å². The number of hydrogen-bond donors (Lipinski definition) is 0. The highest BCUT2D eigenvalue weighted by Crippen LogP contribution is 2.37. The van der Waals surface area contributed by atoms with Crippen LogP contribution in [0.1, 0.15) is 53.0 Å². The highest BCUT2D eigenvalue weighted by Gasteiger charge is 2.30. The van der Waals surface area contributed by atoms with Crippen molar-refractivity contribution < 1.29 is 14.2 Å². The highest BCUT2D eigenvalue weighted by atomic mass is 16.5. The molecule has 0 radical (unpaired) electrons. The molecule has 1 aromatic rings. The van der Waals surface area contributed by atoms with Gasteiger partial charge in [-0.1, -0.05) is 25.5 Å². The van der Waals surface area contributed by atoms with E-state index in [1.165, 1.54) is 11.1 Å². The molecule has 0 aliphatic carbocycles. The van der Waals surface area contributed by atoms with E-state index in [9.17, 15) is 0 Å². The first-order chi connectivity index (χ1) is 11.3. The first-order valence-corrected chi connectivity index (χ1v) is 8.94. The minimum atomic E-state index is -0.105. The number of rotatable bonds is 8. The Labute approximate surface area is 147 Å². The SMILES string of the molecule is COC(CCC(C)=CCOc1ccc2c(c1)OC(C)(C)C2)C(C)C. The molecule has 134 valence electrons. The molecule has 0 saturated carbocycles. The summed E-state index contributed by atoms with van der Waals surface area (Å²) in [6.45, 7) is 11.4. The topological polar surface area (TPSA) is 27.7 Å². The molecule has 0 saturated heterocycles. The minimum absolute atomic E-state index is 0.105. The Morgan fingerprint density at radius 1 is 1.33 bits per heavy atom. The van der Waals surface area contributed by atoms with Crippen molar-refractivity contribution >= 4 is 0 Å². The van der Waals surface area contributed by atoms with E-state index < -0.39 is 0 Å². The third kappa shape index (κ3) is 5.27. The predicted octanol–water partition coefficient (Wildman–Crippen LogP) is 5.18. The van der Waals surface area contributed by atoms with Gasteiger partial charge in [0, 0.05) is 19.6 Å². The second kappa shape index (κ2) is 8.06. The number of benzene rings is 1. The molecule has 0 fully saturated rings. The molecule has 1 unspecified atom stereocenters. The van der Waals surface area contributed by atoms with E-state index in [0.29, 0.717) is 18.6 Å². The zero-order valence-corrected chi connectivity index (χ0v) is 16.0. The predicted molar refractivity (Wildman–Crippen MR) is 99.0 cm³/mol. The molecule has 1 atom stereocenters. The lowest BCUT2D eigenvalue weighted by molar-refractivity contribution is 0.0584. The van der Waals surface area contributed by atoms with Gasteiger partial charge >= 0.3 is 0 Å². The Balaban J connectivity index is 1.82. The van der Waals surface area contributed by atoms with Crippen LogP contribution in [0.3, 0.4) is 0 Å². The van der Waals surface area contributed by atoms with Crippen LogP contribution in [0.15, 0.2) is 29.8 Å². The van der Waals surface area contributed by atoms with Gasteiger partial charge in [0.1, 0.15) is 23.7 Å². The van der Waals surface area contributed by atoms with E-state index in [0.717, 1.165) is 30.8 Å². The van der Waals surface area contributed by atoms with Gasteiger partial charge in [0.05, 0.1) is 6.10 Å². The van der Waals surface area contributed by atoms with Gasteiger partial charge in [-0.3, -0.25) is 0 Å². The smallest absolute Gasteiger partial charge is 0.127 e. The van der Waals surface area contributed by atoms with Crippen molar-refractivity contribution in [2.75, 3.05) is 13.7 Å². The van der Waals surface area contributed by atoms with Gasteiger partial charge in [0.15, 0.2) is 0 Å². The van der Waals surface area contributed by atoms with E-state index in [1.807, 2.05) is 12.1 Å². The summed E-state index contributed by atoms with van der Waals surface area (Å²) in [7, 11) is 1.80. The van der Waals surface area contributed by atoms with Crippen LogP contribution in [0, 0.1) is 5.92 Å². The van der Waals surface area contributed by atoms with Crippen molar-refractivity contribution in [2.45, 2.75) is 65.6 Å². The second-order valence-electron chi connectivity index (χ2n) is 7.73. The maximum Gasteiger partial charge on any atom is 0.127 e. The third-order valence-corrected chi connectivity index (χ3v) is 4.59. The summed E-state index contributed by atoms with van der Waals surface area (Å²) in [4.78, 5) is 0. The zero-order chi connectivity index (χ0) is 17.7. The molecule has 1 heterocycles. The fourth-order valence-corrected chi connectivity index (χ4v) is 3.13. The molecule has 0 bridgehead atoms. The molecule has 1 aliphatic heterocycles. The summed E-state index contributed by atoms with van der Waals surface area (Å²) in [6.07, 6.45) is 5.54. The molecule has 0 amide bonds. The van der Waals surface area contributed by atoms with Crippen molar-refractivity contribution in [3.05, 3.63) is 35.4 Å². The quantitative estimate of drug-likeness (QED) is 0.614. The number of fused-ring (bicyclic) bond motifs is 1. The summed E-state index contributed by atoms with van der Waals surface area (Å²) < 4.78 is 17.3. The van der Waals surface area contributed by atoms with Crippen molar-refractivity contribution in [1.29, 1.82) is 0 Å². The van der Waals surface area contributed by atoms with Crippen molar-refractivity contribution in [1.82, 2.24) is 0 Å². The average Bonchev–Trinajstić information content (AvgIpc) is 2.80. The monoisotopic (exact) mass is 332 g/mol. The highest BCUT2D eigenvalue weighted by molar-refractivity contribution is 5.44. The van der Waals surface area contributed by atoms with Gasteiger partial charge in [-0.25, -0.2) is 0 Å². The first kappa shape index (κ1) is 18.9. The van der Waals surface area contributed by atoms with Crippen molar-refractivity contribution in [2.24, 2.45) is 5.92 Å². The molecular formula is C21H32O3. The molecule has 0 aromatic heterocycles. The van der Waals surface area contributed by atoms with Gasteiger partial charge < -0.3 is 14.2 Å². The van der Waals surface area contributed by atoms with E-state index >= 15 is 0 Å². The van der Waals surface area contributed by atoms with Crippen LogP contribution in [-0.2, 0) is 11.2 Å².